The molecule has 0 N–H and O–H groups in total. The lowest BCUT2D eigenvalue weighted by molar-refractivity contribution is 0.0496. The third-order valence-corrected chi connectivity index (χ3v) is 3.89. The highest BCUT2D eigenvalue weighted by Gasteiger charge is 2.34. The van der Waals surface area contributed by atoms with E-state index >= 15 is 0 Å². The third kappa shape index (κ3) is 2.74. The Bertz CT molecular complexity index is 689. The minimum Gasteiger partial charge on any atom is -0.380 e. The number of aromatic nitrogens is 3. The molecule has 116 valence electrons. The number of benzene rings is 1. The predicted molar refractivity (Wildman–Crippen MR) is 81.6 cm³/mol. The van der Waals surface area contributed by atoms with Crippen LogP contribution in [0, 0.1) is 13.8 Å². The van der Waals surface area contributed by atoms with Gasteiger partial charge in [0.25, 0.3) is 5.91 Å². The van der Waals surface area contributed by atoms with E-state index in [-0.39, 0.29) is 11.9 Å². The number of methoxy groups -OCH3 is 1. The Morgan fingerprint density at radius 3 is 2.77 bits per heavy atom. The Morgan fingerprint density at radius 1 is 1.36 bits per heavy atom. The summed E-state index contributed by atoms with van der Waals surface area (Å²) >= 11 is 0. The quantitative estimate of drug-likeness (QED) is 0.863. The van der Waals surface area contributed by atoms with Gasteiger partial charge in [0.15, 0.2) is 0 Å². The van der Waals surface area contributed by atoms with Crippen LogP contribution in [-0.4, -0.2) is 45.8 Å². The van der Waals surface area contributed by atoms with Crippen LogP contribution in [0.25, 0.3) is 0 Å². The normalized spacial score (nSPS) is 15.0. The maximum absolute atomic E-state index is 12.5. The van der Waals surface area contributed by atoms with Crippen molar-refractivity contribution in [3.05, 3.63) is 47.0 Å². The summed E-state index contributed by atoms with van der Waals surface area (Å²) in [6.07, 6.45) is 0. The van der Waals surface area contributed by atoms with Crippen molar-refractivity contribution in [2.75, 3.05) is 20.2 Å². The molecule has 1 aromatic heterocycles. The highest BCUT2D eigenvalue weighted by atomic mass is 16.5. The summed E-state index contributed by atoms with van der Waals surface area (Å²) in [6.45, 7) is 5.69. The Balaban J connectivity index is 1.66. The van der Waals surface area contributed by atoms with Gasteiger partial charge in [0.05, 0.1) is 12.6 Å². The summed E-state index contributed by atoms with van der Waals surface area (Å²) in [5.41, 5.74) is 1.72. The van der Waals surface area contributed by atoms with Crippen LogP contribution in [0.4, 0.5) is 0 Å². The van der Waals surface area contributed by atoms with Gasteiger partial charge in [-0.25, -0.2) is 9.67 Å². The van der Waals surface area contributed by atoms with Gasteiger partial charge < -0.3 is 9.64 Å². The van der Waals surface area contributed by atoms with Crippen LogP contribution in [0.15, 0.2) is 24.3 Å². The molecular weight excluding hydrogens is 280 g/mol. The summed E-state index contributed by atoms with van der Waals surface area (Å²) in [4.78, 5) is 18.6. The van der Waals surface area contributed by atoms with Gasteiger partial charge in [-0.3, -0.25) is 4.79 Å². The van der Waals surface area contributed by atoms with E-state index in [0.29, 0.717) is 25.3 Å². The van der Waals surface area contributed by atoms with Crippen molar-refractivity contribution in [1.82, 2.24) is 19.7 Å². The van der Waals surface area contributed by atoms with Gasteiger partial charge >= 0.3 is 0 Å². The standard InChI is InChI=1S/C16H20N4O2/c1-11-17-12(2)20(18-11)15-8-19(9-15)16(21)14-6-4-5-13(7-14)10-22-3/h4-7,15H,8-10H2,1-3H3. The van der Waals surface area contributed by atoms with E-state index in [1.54, 1.807) is 7.11 Å². The second-order valence-electron chi connectivity index (χ2n) is 5.65. The average molecular weight is 300 g/mol. The van der Waals surface area contributed by atoms with Crippen LogP contribution in [0.5, 0.6) is 0 Å². The third-order valence-electron chi connectivity index (χ3n) is 3.89. The zero-order valence-corrected chi connectivity index (χ0v) is 13.1. The summed E-state index contributed by atoms with van der Waals surface area (Å²) in [7, 11) is 1.65. The summed E-state index contributed by atoms with van der Waals surface area (Å²) in [5, 5.41) is 4.39. The van der Waals surface area contributed by atoms with Crippen molar-refractivity contribution in [2.45, 2.75) is 26.5 Å². The first-order valence-electron chi connectivity index (χ1n) is 7.35. The molecule has 1 aromatic carbocycles. The van der Waals surface area contributed by atoms with Crippen molar-refractivity contribution in [1.29, 1.82) is 0 Å². The van der Waals surface area contributed by atoms with E-state index in [1.165, 1.54) is 0 Å². The molecule has 1 fully saturated rings. The Kier molecular flexibility index (Phi) is 3.94. The molecule has 0 bridgehead atoms. The molecule has 22 heavy (non-hydrogen) atoms. The van der Waals surface area contributed by atoms with Gasteiger partial charge in [0.1, 0.15) is 11.6 Å². The van der Waals surface area contributed by atoms with Gasteiger partial charge in [-0.15, -0.1) is 0 Å². The number of hydrogen-bond acceptors (Lipinski definition) is 4. The monoisotopic (exact) mass is 300 g/mol. The molecule has 1 amide bonds. The van der Waals surface area contributed by atoms with Crippen LogP contribution in [0.2, 0.25) is 0 Å². The molecule has 2 heterocycles. The molecule has 1 aliphatic heterocycles. The number of carbonyl (C=O) groups is 1. The first kappa shape index (κ1) is 14.7. The molecule has 3 rings (SSSR count). The summed E-state index contributed by atoms with van der Waals surface area (Å²) in [6, 6.07) is 7.82. The number of ether oxygens (including phenoxy) is 1. The maximum atomic E-state index is 12.5. The highest BCUT2D eigenvalue weighted by molar-refractivity contribution is 5.94. The number of carbonyl (C=O) groups excluding carboxylic acids is 1. The average Bonchev–Trinajstić information content (AvgIpc) is 2.76. The smallest absolute Gasteiger partial charge is 0.254 e. The Morgan fingerprint density at radius 2 is 2.14 bits per heavy atom. The largest absolute Gasteiger partial charge is 0.380 e. The van der Waals surface area contributed by atoms with Gasteiger partial charge in [-0.2, -0.15) is 5.10 Å². The van der Waals surface area contributed by atoms with Crippen molar-refractivity contribution in [2.24, 2.45) is 0 Å². The molecular formula is C16H20N4O2. The van der Waals surface area contributed by atoms with E-state index in [0.717, 1.165) is 17.2 Å². The fraction of sp³-hybridized carbons (Fsp3) is 0.438. The first-order valence-corrected chi connectivity index (χ1v) is 7.35. The van der Waals surface area contributed by atoms with Crippen molar-refractivity contribution < 1.29 is 9.53 Å². The van der Waals surface area contributed by atoms with Crippen LogP contribution in [-0.2, 0) is 11.3 Å². The minimum atomic E-state index is 0.0590. The summed E-state index contributed by atoms with van der Waals surface area (Å²) < 4.78 is 7.03. The van der Waals surface area contributed by atoms with Crippen LogP contribution < -0.4 is 0 Å². The van der Waals surface area contributed by atoms with Crippen molar-refractivity contribution >= 4 is 5.91 Å². The van der Waals surface area contributed by atoms with Crippen LogP contribution in [0.1, 0.15) is 33.6 Å². The molecule has 0 radical (unpaired) electrons. The maximum Gasteiger partial charge on any atom is 0.254 e. The Hall–Kier alpha value is -2.21. The van der Waals surface area contributed by atoms with Gasteiger partial charge in [-0.05, 0) is 31.5 Å². The van der Waals surface area contributed by atoms with E-state index in [4.69, 9.17) is 4.74 Å². The van der Waals surface area contributed by atoms with E-state index < -0.39 is 0 Å². The number of aryl methyl sites for hydroxylation is 2. The number of hydrogen-bond donors (Lipinski definition) is 0. The number of nitrogens with zero attached hydrogens (tertiary/aromatic N) is 4. The predicted octanol–water partition coefficient (Wildman–Crippen LogP) is 1.74. The zero-order chi connectivity index (χ0) is 15.7. The fourth-order valence-corrected chi connectivity index (χ4v) is 2.80. The number of rotatable bonds is 4. The van der Waals surface area contributed by atoms with Crippen LogP contribution >= 0.6 is 0 Å². The molecule has 0 spiro atoms. The Labute approximate surface area is 129 Å². The molecule has 0 unspecified atom stereocenters. The van der Waals surface area contributed by atoms with E-state index in [2.05, 4.69) is 10.1 Å². The van der Waals surface area contributed by atoms with Gasteiger partial charge in [-0.1, -0.05) is 12.1 Å². The lowest BCUT2D eigenvalue weighted by Gasteiger charge is -2.39. The molecule has 0 aliphatic carbocycles. The van der Waals surface area contributed by atoms with Crippen molar-refractivity contribution in [3.63, 3.8) is 0 Å². The SMILES string of the molecule is COCc1cccc(C(=O)N2CC(n3nc(C)nc3C)C2)c1. The lowest BCUT2D eigenvalue weighted by atomic mass is 10.1. The van der Waals surface area contributed by atoms with Crippen LogP contribution in [0.3, 0.4) is 0 Å². The molecule has 2 aromatic rings. The molecule has 6 heteroatoms. The van der Waals surface area contributed by atoms with E-state index in [9.17, 15) is 4.79 Å². The topological polar surface area (TPSA) is 60.2 Å². The van der Waals surface area contributed by atoms with Crippen molar-refractivity contribution in [3.8, 4) is 0 Å². The zero-order valence-electron chi connectivity index (χ0n) is 13.1. The first-order chi connectivity index (χ1) is 10.6. The van der Waals surface area contributed by atoms with Gasteiger partial charge in [0.2, 0.25) is 0 Å². The lowest BCUT2D eigenvalue weighted by Crippen LogP contribution is -2.51. The molecule has 1 saturated heterocycles. The molecule has 0 atom stereocenters. The molecule has 1 aliphatic rings. The molecule has 0 saturated carbocycles. The highest BCUT2D eigenvalue weighted by Crippen LogP contribution is 2.24. The number of amides is 1. The number of likely N-dealkylation sites (tertiary alicyclic amines) is 1. The molecule has 6 nitrogen and oxygen atoms in total. The van der Waals surface area contributed by atoms with E-state index in [1.807, 2.05) is 47.7 Å². The second kappa shape index (κ2) is 5.88. The summed E-state index contributed by atoms with van der Waals surface area (Å²) in [5.74, 6) is 1.73. The second-order valence-corrected chi connectivity index (χ2v) is 5.65. The fourth-order valence-electron chi connectivity index (χ4n) is 2.80. The minimum absolute atomic E-state index is 0.0590. The van der Waals surface area contributed by atoms with Gasteiger partial charge in [0, 0.05) is 25.8 Å².